The highest BCUT2D eigenvalue weighted by atomic mass is 32.2. The molecule has 0 aromatic heterocycles. The Kier molecular flexibility index (Phi) is 4.56. The van der Waals surface area contributed by atoms with Crippen LogP contribution in [0.3, 0.4) is 0 Å². The Morgan fingerprint density at radius 2 is 2.09 bits per heavy atom. The zero-order valence-corrected chi connectivity index (χ0v) is 12.7. The second-order valence-corrected chi connectivity index (χ2v) is 5.70. The number of benzene rings is 2. The van der Waals surface area contributed by atoms with Gasteiger partial charge in [-0.15, -0.1) is 0 Å². The smallest absolute Gasteiger partial charge is 0.232 e. The first-order valence-corrected chi connectivity index (χ1v) is 7.89. The summed E-state index contributed by atoms with van der Waals surface area (Å²) in [4.78, 5) is 0. The summed E-state index contributed by atoms with van der Waals surface area (Å²) in [6.45, 7) is 0.556. The second kappa shape index (κ2) is 6.61. The predicted octanol–water partition coefficient (Wildman–Crippen LogP) is 2.92. The van der Waals surface area contributed by atoms with Gasteiger partial charge in [-0.2, -0.15) is 0 Å². The number of hydrogen-bond acceptors (Lipinski definition) is 3. The van der Waals surface area contributed by atoms with Crippen molar-refractivity contribution in [3.63, 3.8) is 0 Å². The van der Waals surface area contributed by atoms with E-state index in [1.807, 2.05) is 0 Å². The van der Waals surface area contributed by atoms with E-state index in [4.69, 9.17) is 14.0 Å². The van der Waals surface area contributed by atoms with Crippen LogP contribution in [-0.4, -0.2) is 15.4 Å². The van der Waals surface area contributed by atoms with Gasteiger partial charge in [0.1, 0.15) is 17.3 Å². The van der Waals surface area contributed by atoms with E-state index in [9.17, 15) is 13.0 Å². The zero-order valence-electron chi connectivity index (χ0n) is 11.8. The maximum absolute atomic E-state index is 13.8. The minimum Gasteiger partial charge on any atom is -0.493 e. The van der Waals surface area contributed by atoms with E-state index in [-0.39, 0.29) is 12.3 Å². The Hall–Kier alpha value is -2.03. The molecule has 8 heteroatoms. The molecule has 0 saturated heterocycles. The average molecular weight is 341 g/mol. The van der Waals surface area contributed by atoms with Crippen LogP contribution in [0.4, 0.5) is 8.78 Å². The lowest BCUT2D eigenvalue weighted by Gasteiger charge is -2.13. The van der Waals surface area contributed by atoms with E-state index in [0.717, 1.165) is 17.7 Å². The van der Waals surface area contributed by atoms with Crippen LogP contribution in [0.2, 0.25) is 0 Å². The Morgan fingerprint density at radius 1 is 1.26 bits per heavy atom. The molecule has 2 N–H and O–H groups in total. The molecule has 5 nitrogen and oxygen atoms in total. The standard InChI is InChI=1S/C15H13F2NO4S/c16-11-1-2-13(12(17)7-11)22-15-5-9-3-4-21-14(9)6-10(15)8-18-23(19)20/h1-2,5-7,18H,3-4,8H2,(H,19,20). The summed E-state index contributed by atoms with van der Waals surface area (Å²) in [6, 6.07) is 6.39. The molecular weight excluding hydrogens is 328 g/mol. The van der Waals surface area contributed by atoms with Gasteiger partial charge in [0.15, 0.2) is 11.6 Å². The van der Waals surface area contributed by atoms with Crippen molar-refractivity contribution in [2.75, 3.05) is 6.61 Å². The molecule has 0 radical (unpaired) electrons. The van der Waals surface area contributed by atoms with Crippen LogP contribution in [0.15, 0.2) is 30.3 Å². The van der Waals surface area contributed by atoms with Gasteiger partial charge in [-0.25, -0.2) is 17.7 Å². The van der Waals surface area contributed by atoms with Crippen molar-refractivity contribution in [3.8, 4) is 17.2 Å². The van der Waals surface area contributed by atoms with E-state index < -0.39 is 22.9 Å². The summed E-state index contributed by atoms with van der Waals surface area (Å²) < 4.78 is 59.7. The fourth-order valence-electron chi connectivity index (χ4n) is 2.29. The van der Waals surface area contributed by atoms with Crippen molar-refractivity contribution in [1.29, 1.82) is 0 Å². The molecule has 0 bridgehead atoms. The molecule has 1 aliphatic heterocycles. The molecule has 2 aromatic rings. The van der Waals surface area contributed by atoms with Crippen molar-refractivity contribution < 1.29 is 27.0 Å². The SMILES string of the molecule is O=S(O)NCc1cc2c(cc1Oc1ccc(F)cc1F)CCO2. The largest absolute Gasteiger partial charge is 0.493 e. The highest BCUT2D eigenvalue weighted by Crippen LogP contribution is 2.35. The Balaban J connectivity index is 1.94. The lowest BCUT2D eigenvalue weighted by molar-refractivity contribution is 0.356. The minimum absolute atomic E-state index is 0.0257. The fraction of sp³-hybridized carbons (Fsp3) is 0.200. The molecular formula is C15H13F2NO4S. The molecule has 0 spiro atoms. The number of hydrogen-bond donors (Lipinski definition) is 2. The summed E-state index contributed by atoms with van der Waals surface area (Å²) in [6.07, 6.45) is 0.692. The number of rotatable bonds is 5. The first kappa shape index (κ1) is 15.9. The highest BCUT2D eigenvalue weighted by Gasteiger charge is 2.18. The number of fused-ring (bicyclic) bond motifs is 1. The Bertz CT molecular complexity index is 769. The van der Waals surface area contributed by atoms with Gasteiger partial charge in [-0.1, -0.05) is 0 Å². The third kappa shape index (κ3) is 3.66. The normalized spacial score (nSPS) is 14.2. The van der Waals surface area contributed by atoms with Crippen LogP contribution in [0, 0.1) is 11.6 Å². The molecule has 1 aliphatic rings. The molecule has 0 aliphatic carbocycles. The highest BCUT2D eigenvalue weighted by molar-refractivity contribution is 7.77. The lowest BCUT2D eigenvalue weighted by atomic mass is 10.1. The van der Waals surface area contributed by atoms with Crippen LogP contribution in [0.5, 0.6) is 17.2 Å². The van der Waals surface area contributed by atoms with Gasteiger partial charge >= 0.3 is 0 Å². The average Bonchev–Trinajstić information content (AvgIpc) is 2.94. The fourth-order valence-corrected chi connectivity index (χ4v) is 2.57. The van der Waals surface area contributed by atoms with Gasteiger partial charge in [0, 0.05) is 30.2 Å². The van der Waals surface area contributed by atoms with Gasteiger partial charge in [0.2, 0.25) is 11.3 Å². The number of halogens is 2. The summed E-state index contributed by atoms with van der Waals surface area (Å²) in [5.74, 6) is -0.673. The molecule has 122 valence electrons. The molecule has 1 unspecified atom stereocenters. The minimum atomic E-state index is -2.20. The number of nitrogens with one attached hydrogen (secondary N) is 1. The lowest BCUT2D eigenvalue weighted by Crippen LogP contribution is -2.16. The van der Waals surface area contributed by atoms with E-state index in [2.05, 4.69) is 4.72 Å². The van der Waals surface area contributed by atoms with Crippen LogP contribution in [0.25, 0.3) is 0 Å². The van der Waals surface area contributed by atoms with Crippen LogP contribution >= 0.6 is 0 Å². The van der Waals surface area contributed by atoms with Crippen molar-refractivity contribution >= 4 is 11.3 Å². The van der Waals surface area contributed by atoms with E-state index in [0.29, 0.717) is 30.1 Å². The molecule has 0 saturated carbocycles. The summed E-state index contributed by atoms with van der Waals surface area (Å²) in [5, 5.41) is 0. The monoisotopic (exact) mass is 341 g/mol. The Morgan fingerprint density at radius 3 is 2.83 bits per heavy atom. The quantitative estimate of drug-likeness (QED) is 0.821. The van der Waals surface area contributed by atoms with Crippen molar-refractivity contribution in [3.05, 3.63) is 53.1 Å². The summed E-state index contributed by atoms with van der Waals surface area (Å²) >= 11 is -2.20. The van der Waals surface area contributed by atoms with Crippen LogP contribution in [0.1, 0.15) is 11.1 Å². The van der Waals surface area contributed by atoms with Crippen molar-refractivity contribution in [1.82, 2.24) is 4.72 Å². The Labute approximate surface area is 133 Å². The molecule has 23 heavy (non-hydrogen) atoms. The zero-order chi connectivity index (χ0) is 16.4. The topological polar surface area (TPSA) is 67.8 Å². The first-order valence-electron chi connectivity index (χ1n) is 6.79. The molecule has 1 heterocycles. The molecule has 0 amide bonds. The summed E-state index contributed by atoms with van der Waals surface area (Å²) in [7, 11) is 0. The van der Waals surface area contributed by atoms with Crippen molar-refractivity contribution in [2.45, 2.75) is 13.0 Å². The summed E-state index contributed by atoms with van der Waals surface area (Å²) in [5.41, 5.74) is 1.42. The number of ether oxygens (including phenoxy) is 2. The van der Waals surface area contributed by atoms with Gasteiger partial charge in [-0.05, 0) is 24.3 Å². The molecule has 2 aromatic carbocycles. The molecule has 0 fully saturated rings. The van der Waals surface area contributed by atoms with Crippen molar-refractivity contribution in [2.24, 2.45) is 0 Å². The maximum atomic E-state index is 13.8. The van der Waals surface area contributed by atoms with Gasteiger partial charge in [0.25, 0.3) is 0 Å². The second-order valence-electron chi connectivity index (χ2n) is 4.91. The maximum Gasteiger partial charge on any atom is 0.232 e. The van der Waals surface area contributed by atoms with Gasteiger partial charge in [0.05, 0.1) is 6.61 Å². The third-order valence-corrected chi connectivity index (χ3v) is 3.76. The molecule has 1 atom stereocenters. The van der Waals surface area contributed by atoms with E-state index in [1.165, 1.54) is 6.07 Å². The van der Waals surface area contributed by atoms with E-state index >= 15 is 0 Å². The molecule has 3 rings (SSSR count). The third-order valence-electron chi connectivity index (χ3n) is 3.37. The van der Waals surface area contributed by atoms with Crippen LogP contribution in [-0.2, 0) is 24.2 Å². The predicted molar refractivity (Wildman–Crippen MR) is 79.7 cm³/mol. The first-order chi connectivity index (χ1) is 11.0. The van der Waals surface area contributed by atoms with E-state index in [1.54, 1.807) is 12.1 Å². The van der Waals surface area contributed by atoms with Gasteiger partial charge in [-0.3, -0.25) is 4.55 Å². The van der Waals surface area contributed by atoms with Gasteiger partial charge < -0.3 is 9.47 Å². The van der Waals surface area contributed by atoms with Crippen LogP contribution < -0.4 is 14.2 Å².